The first-order chi connectivity index (χ1) is 13.0. The van der Waals surface area contributed by atoms with E-state index in [9.17, 15) is 4.79 Å². The molecule has 0 radical (unpaired) electrons. The van der Waals surface area contributed by atoms with Crippen LogP contribution < -0.4 is 10.1 Å². The molecule has 1 N–H and O–H groups in total. The summed E-state index contributed by atoms with van der Waals surface area (Å²) in [5, 5.41) is 15.0. The van der Waals surface area contributed by atoms with E-state index in [4.69, 9.17) is 4.74 Å². The van der Waals surface area contributed by atoms with Crippen LogP contribution in [0.5, 0.6) is 5.75 Å². The minimum absolute atomic E-state index is 0.125. The molecule has 1 amide bonds. The zero-order valence-electron chi connectivity index (χ0n) is 15.6. The summed E-state index contributed by atoms with van der Waals surface area (Å²) in [6, 6.07) is 13.3. The zero-order valence-corrected chi connectivity index (χ0v) is 16.4. The number of aryl methyl sites for hydroxylation is 2. The van der Waals surface area contributed by atoms with E-state index < -0.39 is 0 Å². The van der Waals surface area contributed by atoms with E-state index in [-0.39, 0.29) is 11.2 Å². The summed E-state index contributed by atoms with van der Waals surface area (Å²) in [4.78, 5) is 12.5. The van der Waals surface area contributed by atoms with Crippen molar-refractivity contribution in [3.63, 3.8) is 0 Å². The predicted molar refractivity (Wildman–Crippen MR) is 106 cm³/mol. The standard InChI is InChI=1S/C19H21N5O2S/c1-12-5-10-17(13(2)11-12)24-19(21-22-23-24)27-14(3)18(25)20-15-6-8-16(26-4)9-7-15/h5-11,14H,1-4H3,(H,20,25)/t14-/m0/s1. The number of tetrazole rings is 1. The number of thioether (sulfide) groups is 1. The molecule has 8 heteroatoms. The highest BCUT2D eigenvalue weighted by Gasteiger charge is 2.20. The maximum absolute atomic E-state index is 12.5. The number of benzene rings is 2. The van der Waals surface area contributed by atoms with Crippen molar-refractivity contribution in [3.8, 4) is 11.4 Å². The number of nitrogens with one attached hydrogen (secondary N) is 1. The lowest BCUT2D eigenvalue weighted by Crippen LogP contribution is -2.23. The molecular weight excluding hydrogens is 362 g/mol. The highest BCUT2D eigenvalue weighted by Crippen LogP contribution is 2.25. The van der Waals surface area contributed by atoms with Gasteiger partial charge in [0.15, 0.2) is 0 Å². The molecule has 0 aliphatic carbocycles. The normalized spacial score (nSPS) is 11.9. The second kappa shape index (κ2) is 8.22. The molecule has 0 spiro atoms. The minimum atomic E-state index is -0.373. The molecule has 0 saturated heterocycles. The third kappa shape index (κ3) is 4.46. The number of hydrogen-bond donors (Lipinski definition) is 1. The van der Waals surface area contributed by atoms with Crippen molar-refractivity contribution in [1.29, 1.82) is 0 Å². The minimum Gasteiger partial charge on any atom is -0.497 e. The number of anilines is 1. The summed E-state index contributed by atoms with van der Waals surface area (Å²) < 4.78 is 6.79. The topological polar surface area (TPSA) is 81.9 Å². The molecule has 7 nitrogen and oxygen atoms in total. The zero-order chi connectivity index (χ0) is 19.4. The molecule has 2 aromatic carbocycles. The van der Waals surface area contributed by atoms with Gasteiger partial charge in [0, 0.05) is 5.69 Å². The van der Waals surface area contributed by atoms with Crippen molar-refractivity contribution in [2.45, 2.75) is 31.2 Å². The molecule has 1 heterocycles. The lowest BCUT2D eigenvalue weighted by molar-refractivity contribution is -0.115. The van der Waals surface area contributed by atoms with Gasteiger partial charge in [-0.1, -0.05) is 29.5 Å². The summed E-state index contributed by atoms with van der Waals surface area (Å²) in [6.45, 7) is 5.88. The van der Waals surface area contributed by atoms with Crippen molar-refractivity contribution >= 4 is 23.4 Å². The summed E-state index contributed by atoms with van der Waals surface area (Å²) in [6.07, 6.45) is 0. The molecule has 27 heavy (non-hydrogen) atoms. The third-order valence-electron chi connectivity index (χ3n) is 4.03. The first-order valence-corrected chi connectivity index (χ1v) is 9.33. The molecule has 1 atom stereocenters. The van der Waals surface area contributed by atoms with E-state index >= 15 is 0 Å². The first-order valence-electron chi connectivity index (χ1n) is 8.45. The fourth-order valence-corrected chi connectivity index (χ4v) is 3.38. The van der Waals surface area contributed by atoms with Gasteiger partial charge in [-0.2, -0.15) is 4.68 Å². The van der Waals surface area contributed by atoms with Crippen LogP contribution in [-0.4, -0.2) is 38.5 Å². The molecular formula is C19H21N5O2S. The molecule has 0 aliphatic heterocycles. The molecule has 0 unspecified atom stereocenters. The molecule has 0 aliphatic rings. The van der Waals surface area contributed by atoms with Crippen LogP contribution in [0.2, 0.25) is 0 Å². The Morgan fingerprint density at radius 1 is 1.19 bits per heavy atom. The van der Waals surface area contributed by atoms with Crippen LogP contribution in [0.15, 0.2) is 47.6 Å². The van der Waals surface area contributed by atoms with Crippen molar-refractivity contribution < 1.29 is 9.53 Å². The third-order valence-corrected chi connectivity index (χ3v) is 5.06. The maximum atomic E-state index is 12.5. The van der Waals surface area contributed by atoms with Crippen molar-refractivity contribution in [1.82, 2.24) is 20.2 Å². The van der Waals surface area contributed by atoms with Gasteiger partial charge in [0.2, 0.25) is 11.1 Å². The van der Waals surface area contributed by atoms with E-state index in [1.165, 1.54) is 17.3 Å². The number of ether oxygens (including phenoxy) is 1. The highest BCUT2D eigenvalue weighted by molar-refractivity contribution is 8.00. The quantitative estimate of drug-likeness (QED) is 0.657. The molecule has 3 rings (SSSR count). The SMILES string of the molecule is COc1ccc(NC(=O)[C@H](C)Sc2nnnn2-c2ccc(C)cc2C)cc1. The molecule has 0 bridgehead atoms. The van der Waals surface area contributed by atoms with Gasteiger partial charge in [0.1, 0.15) is 5.75 Å². The van der Waals surface area contributed by atoms with Crippen LogP contribution in [0.1, 0.15) is 18.1 Å². The van der Waals surface area contributed by atoms with Gasteiger partial charge in [-0.25, -0.2) is 0 Å². The average Bonchev–Trinajstić information content (AvgIpc) is 3.10. The van der Waals surface area contributed by atoms with Gasteiger partial charge < -0.3 is 10.1 Å². The number of rotatable bonds is 6. The number of aromatic nitrogens is 4. The number of methoxy groups -OCH3 is 1. The second-order valence-electron chi connectivity index (χ2n) is 6.14. The van der Waals surface area contributed by atoms with Gasteiger partial charge in [-0.15, -0.1) is 5.10 Å². The van der Waals surface area contributed by atoms with E-state index in [2.05, 4.69) is 26.9 Å². The Morgan fingerprint density at radius 3 is 2.59 bits per heavy atom. The summed E-state index contributed by atoms with van der Waals surface area (Å²) in [5.74, 6) is 0.614. The second-order valence-corrected chi connectivity index (χ2v) is 7.45. The Kier molecular flexibility index (Phi) is 5.75. The number of carbonyl (C=O) groups is 1. The van der Waals surface area contributed by atoms with Crippen LogP contribution in [0.4, 0.5) is 5.69 Å². The van der Waals surface area contributed by atoms with Crippen LogP contribution >= 0.6 is 11.8 Å². The van der Waals surface area contributed by atoms with Crippen LogP contribution in [0, 0.1) is 13.8 Å². The highest BCUT2D eigenvalue weighted by atomic mass is 32.2. The predicted octanol–water partition coefficient (Wildman–Crippen LogP) is 3.41. The van der Waals surface area contributed by atoms with Gasteiger partial charge in [0.25, 0.3) is 0 Å². The summed E-state index contributed by atoms with van der Waals surface area (Å²) in [5.41, 5.74) is 3.85. The van der Waals surface area contributed by atoms with E-state index in [1.54, 1.807) is 36.1 Å². The van der Waals surface area contributed by atoms with Gasteiger partial charge in [-0.3, -0.25) is 4.79 Å². The monoisotopic (exact) mass is 383 g/mol. The fraction of sp³-hybridized carbons (Fsp3) is 0.263. The Morgan fingerprint density at radius 2 is 1.93 bits per heavy atom. The number of nitrogens with zero attached hydrogens (tertiary/aromatic N) is 4. The molecule has 1 aromatic heterocycles. The van der Waals surface area contributed by atoms with Crippen molar-refractivity contribution in [2.75, 3.05) is 12.4 Å². The lowest BCUT2D eigenvalue weighted by Gasteiger charge is -2.13. The van der Waals surface area contributed by atoms with E-state index in [0.29, 0.717) is 10.8 Å². The average molecular weight is 383 g/mol. The Bertz CT molecular complexity index is 940. The molecule has 3 aromatic rings. The van der Waals surface area contributed by atoms with Crippen LogP contribution in [-0.2, 0) is 4.79 Å². The number of carbonyl (C=O) groups excluding carboxylic acids is 1. The Balaban J connectivity index is 1.71. The fourth-order valence-electron chi connectivity index (χ4n) is 2.58. The van der Waals surface area contributed by atoms with Gasteiger partial charge >= 0.3 is 0 Å². The summed E-state index contributed by atoms with van der Waals surface area (Å²) in [7, 11) is 1.60. The maximum Gasteiger partial charge on any atom is 0.237 e. The first kappa shape index (κ1) is 18.9. The molecule has 0 fully saturated rings. The largest absolute Gasteiger partial charge is 0.497 e. The number of amides is 1. The Hall–Kier alpha value is -2.87. The van der Waals surface area contributed by atoms with Crippen molar-refractivity contribution in [3.05, 3.63) is 53.6 Å². The van der Waals surface area contributed by atoms with E-state index in [0.717, 1.165) is 17.0 Å². The molecule has 0 saturated carbocycles. The van der Waals surface area contributed by atoms with Crippen LogP contribution in [0.25, 0.3) is 5.69 Å². The van der Waals surface area contributed by atoms with Crippen molar-refractivity contribution in [2.24, 2.45) is 0 Å². The van der Waals surface area contributed by atoms with E-state index in [1.807, 2.05) is 32.9 Å². The smallest absolute Gasteiger partial charge is 0.237 e. The Labute approximate surface area is 162 Å². The van der Waals surface area contributed by atoms with Gasteiger partial charge in [0.05, 0.1) is 18.0 Å². The van der Waals surface area contributed by atoms with Gasteiger partial charge in [-0.05, 0) is 67.1 Å². The molecule has 140 valence electrons. The van der Waals surface area contributed by atoms with Crippen LogP contribution in [0.3, 0.4) is 0 Å². The number of hydrogen-bond acceptors (Lipinski definition) is 6. The summed E-state index contributed by atoms with van der Waals surface area (Å²) >= 11 is 1.31. The lowest BCUT2D eigenvalue weighted by atomic mass is 10.1.